The van der Waals surface area contributed by atoms with Crippen LogP contribution in [-0.4, -0.2) is 30.3 Å². The Morgan fingerprint density at radius 1 is 1.33 bits per heavy atom. The number of pyridine rings is 1. The van der Waals surface area contributed by atoms with Gasteiger partial charge in [-0.25, -0.2) is 4.39 Å². The zero-order chi connectivity index (χ0) is 19.0. The van der Waals surface area contributed by atoms with E-state index in [1.807, 2.05) is 5.38 Å². The van der Waals surface area contributed by atoms with E-state index >= 15 is 0 Å². The van der Waals surface area contributed by atoms with Gasteiger partial charge in [-0.05, 0) is 29.6 Å². The zero-order valence-corrected chi connectivity index (χ0v) is 15.3. The molecule has 1 aliphatic heterocycles. The third kappa shape index (κ3) is 3.21. The van der Waals surface area contributed by atoms with Gasteiger partial charge in [0.15, 0.2) is 5.78 Å². The van der Waals surface area contributed by atoms with E-state index in [9.17, 15) is 14.0 Å². The highest BCUT2D eigenvalue weighted by molar-refractivity contribution is 7.12. The van der Waals surface area contributed by atoms with Gasteiger partial charge < -0.3 is 9.64 Å². The minimum absolute atomic E-state index is 0.0297. The van der Waals surface area contributed by atoms with Crippen LogP contribution in [0.1, 0.15) is 15.4 Å². The molecular formula is C20H15FN2O3S. The first-order chi connectivity index (χ1) is 13.1. The van der Waals surface area contributed by atoms with E-state index in [4.69, 9.17) is 4.74 Å². The summed E-state index contributed by atoms with van der Waals surface area (Å²) in [5, 5.41) is 1.83. The van der Waals surface area contributed by atoms with Gasteiger partial charge in [0.1, 0.15) is 11.6 Å². The van der Waals surface area contributed by atoms with Crippen molar-refractivity contribution in [3.05, 3.63) is 64.4 Å². The summed E-state index contributed by atoms with van der Waals surface area (Å²) < 4.78 is 18.7. The van der Waals surface area contributed by atoms with Crippen molar-refractivity contribution in [2.75, 3.05) is 18.6 Å². The maximum atomic E-state index is 13.5. The van der Waals surface area contributed by atoms with Crippen molar-refractivity contribution in [3.63, 3.8) is 0 Å². The molecule has 0 saturated carbocycles. The van der Waals surface area contributed by atoms with Crippen LogP contribution in [0.15, 0.2) is 48.0 Å². The number of ether oxygens (including phenoxy) is 1. The van der Waals surface area contributed by atoms with Crippen LogP contribution in [0.2, 0.25) is 0 Å². The van der Waals surface area contributed by atoms with E-state index in [1.165, 1.54) is 35.5 Å². The Morgan fingerprint density at radius 3 is 2.93 bits per heavy atom. The van der Waals surface area contributed by atoms with Crippen molar-refractivity contribution < 1.29 is 18.7 Å². The van der Waals surface area contributed by atoms with E-state index in [0.717, 1.165) is 0 Å². The fourth-order valence-corrected chi connectivity index (χ4v) is 3.76. The first kappa shape index (κ1) is 17.4. The van der Waals surface area contributed by atoms with Gasteiger partial charge in [-0.2, -0.15) is 0 Å². The molecule has 2 aromatic heterocycles. The molecule has 3 heterocycles. The summed E-state index contributed by atoms with van der Waals surface area (Å²) in [6, 6.07) is 9.59. The van der Waals surface area contributed by atoms with Crippen molar-refractivity contribution in [2.24, 2.45) is 0 Å². The van der Waals surface area contributed by atoms with E-state index < -0.39 is 5.82 Å². The molecule has 1 aliphatic rings. The van der Waals surface area contributed by atoms with Crippen LogP contribution >= 0.6 is 11.3 Å². The van der Waals surface area contributed by atoms with Gasteiger partial charge in [0.05, 0.1) is 36.3 Å². The van der Waals surface area contributed by atoms with Gasteiger partial charge in [-0.15, -0.1) is 11.3 Å². The first-order valence-electron chi connectivity index (χ1n) is 8.26. The monoisotopic (exact) mass is 382 g/mol. The number of rotatable bonds is 5. The van der Waals surface area contributed by atoms with E-state index in [-0.39, 0.29) is 24.7 Å². The van der Waals surface area contributed by atoms with Gasteiger partial charge in [-0.3, -0.25) is 14.6 Å². The molecule has 3 aromatic rings. The lowest BCUT2D eigenvalue weighted by Gasteiger charge is -2.17. The number of hydrogen-bond acceptors (Lipinski definition) is 5. The Kier molecular flexibility index (Phi) is 4.45. The molecule has 0 fully saturated rings. The quantitative estimate of drug-likeness (QED) is 0.631. The molecule has 0 saturated heterocycles. The van der Waals surface area contributed by atoms with Gasteiger partial charge >= 0.3 is 0 Å². The largest absolute Gasteiger partial charge is 0.496 e. The number of amides is 1. The number of anilines is 1. The van der Waals surface area contributed by atoms with Gasteiger partial charge in [0.25, 0.3) is 0 Å². The van der Waals surface area contributed by atoms with E-state index in [1.54, 1.807) is 30.5 Å². The van der Waals surface area contributed by atoms with Crippen molar-refractivity contribution >= 4 is 28.7 Å². The molecule has 1 aromatic carbocycles. The van der Waals surface area contributed by atoms with Crippen LogP contribution < -0.4 is 9.64 Å². The number of ketones is 1. The Morgan fingerprint density at radius 2 is 2.19 bits per heavy atom. The second-order valence-corrected chi connectivity index (χ2v) is 7.04. The number of nitrogens with zero attached hydrogens (tertiary/aromatic N) is 2. The summed E-state index contributed by atoms with van der Waals surface area (Å²) in [6.45, 7) is -0.0297. The molecule has 5 nitrogen and oxygen atoms in total. The topological polar surface area (TPSA) is 59.5 Å². The molecule has 0 atom stereocenters. The van der Waals surface area contributed by atoms with Crippen LogP contribution in [-0.2, 0) is 11.2 Å². The van der Waals surface area contributed by atoms with Crippen molar-refractivity contribution in [3.8, 4) is 16.9 Å². The van der Waals surface area contributed by atoms with Crippen molar-refractivity contribution in [1.29, 1.82) is 0 Å². The Hall–Kier alpha value is -3.06. The lowest BCUT2D eigenvalue weighted by molar-refractivity contribution is -0.117. The summed E-state index contributed by atoms with van der Waals surface area (Å²) in [5.41, 5.74) is 2.59. The summed E-state index contributed by atoms with van der Waals surface area (Å²) >= 11 is 1.35. The van der Waals surface area contributed by atoms with Crippen LogP contribution in [0.25, 0.3) is 11.1 Å². The molecule has 0 unspecified atom stereocenters. The van der Waals surface area contributed by atoms with Crippen LogP contribution in [0.3, 0.4) is 0 Å². The van der Waals surface area contributed by atoms with Gasteiger partial charge in [-0.1, -0.05) is 6.07 Å². The molecule has 4 rings (SSSR count). The Bertz CT molecular complexity index is 1030. The Labute approximate surface area is 159 Å². The minimum atomic E-state index is -0.400. The third-order valence-corrected chi connectivity index (χ3v) is 5.34. The molecule has 0 radical (unpaired) electrons. The lowest BCUT2D eigenvalue weighted by atomic mass is 10.1. The number of fused-ring (bicyclic) bond motifs is 1. The molecular weight excluding hydrogens is 367 g/mol. The molecule has 7 heteroatoms. The summed E-state index contributed by atoms with van der Waals surface area (Å²) in [4.78, 5) is 31.3. The summed E-state index contributed by atoms with van der Waals surface area (Å²) in [5.74, 6) is -0.299. The highest BCUT2D eigenvalue weighted by Gasteiger charge is 2.31. The second kappa shape index (κ2) is 6.92. The predicted octanol–water partition coefficient (Wildman–Crippen LogP) is 3.73. The Balaban J connectivity index is 1.70. The average Bonchev–Trinajstić information content (AvgIpc) is 3.30. The minimum Gasteiger partial charge on any atom is -0.496 e. The van der Waals surface area contributed by atoms with Gasteiger partial charge in [0, 0.05) is 23.4 Å². The fraction of sp³-hybridized carbons (Fsp3) is 0.150. The number of methoxy groups -OCH3 is 1. The number of carbonyl (C=O) groups is 2. The number of thiophene rings is 1. The highest BCUT2D eigenvalue weighted by atomic mass is 32.1. The third-order valence-electron chi connectivity index (χ3n) is 4.43. The van der Waals surface area contributed by atoms with E-state index in [2.05, 4.69) is 4.98 Å². The summed E-state index contributed by atoms with van der Waals surface area (Å²) in [6.07, 6.45) is 1.79. The molecule has 1 amide bonds. The normalized spacial score (nSPS) is 13.0. The highest BCUT2D eigenvalue weighted by Crippen LogP contribution is 2.36. The molecule has 27 heavy (non-hydrogen) atoms. The lowest BCUT2D eigenvalue weighted by Crippen LogP contribution is -2.32. The number of Topliss-reactive ketones (excluding diaryl/α,β-unsaturated/α-hetero) is 1. The molecule has 0 aliphatic carbocycles. The maximum absolute atomic E-state index is 13.5. The van der Waals surface area contributed by atoms with Gasteiger partial charge in [0.2, 0.25) is 5.91 Å². The second-order valence-electron chi connectivity index (χ2n) is 6.09. The number of carbonyl (C=O) groups excluding carboxylic acids is 2. The van der Waals surface area contributed by atoms with Crippen molar-refractivity contribution in [1.82, 2.24) is 4.98 Å². The molecule has 136 valence electrons. The smallest absolute Gasteiger partial charge is 0.233 e. The zero-order valence-electron chi connectivity index (χ0n) is 14.4. The van der Waals surface area contributed by atoms with Crippen LogP contribution in [0.5, 0.6) is 5.75 Å². The number of hydrogen-bond donors (Lipinski definition) is 0. The van der Waals surface area contributed by atoms with E-state index in [0.29, 0.717) is 33.1 Å². The van der Waals surface area contributed by atoms with Crippen molar-refractivity contribution in [2.45, 2.75) is 6.42 Å². The maximum Gasteiger partial charge on any atom is 0.233 e. The molecule has 0 N–H and O–H groups in total. The molecule has 0 bridgehead atoms. The number of benzene rings is 1. The van der Waals surface area contributed by atoms with Crippen LogP contribution in [0, 0.1) is 5.82 Å². The fourth-order valence-electron chi connectivity index (χ4n) is 3.11. The summed E-state index contributed by atoms with van der Waals surface area (Å²) in [7, 11) is 1.47. The number of aromatic nitrogens is 1. The average molecular weight is 382 g/mol. The predicted molar refractivity (Wildman–Crippen MR) is 101 cm³/mol. The molecule has 0 spiro atoms. The number of halogens is 1. The van der Waals surface area contributed by atoms with Crippen LogP contribution in [0.4, 0.5) is 10.1 Å². The first-order valence-corrected chi connectivity index (χ1v) is 9.14. The SMILES string of the molecule is COc1cc(F)ccc1-c1cnc2c(c1)N(CC(=O)c1cccs1)C(=O)C2. The standard InChI is InChI=1S/C20H15FN2O3S/c1-26-18-8-13(21)4-5-14(18)12-7-16-15(22-10-12)9-20(25)23(16)11-17(24)19-3-2-6-27-19/h2-8,10H,9,11H2,1H3.